The molecule has 1 nitrogen and oxygen atoms in total. The Morgan fingerprint density at radius 1 is 1.25 bits per heavy atom. The summed E-state index contributed by atoms with van der Waals surface area (Å²) in [4.78, 5) is 12.1. The molecule has 0 saturated heterocycles. The summed E-state index contributed by atoms with van der Waals surface area (Å²) in [5, 5.41) is 0. The summed E-state index contributed by atoms with van der Waals surface area (Å²) in [7, 11) is 0. The summed E-state index contributed by atoms with van der Waals surface area (Å²) >= 11 is 0. The van der Waals surface area contributed by atoms with Crippen LogP contribution in [0.5, 0.6) is 0 Å². The molecule has 0 aliphatic heterocycles. The first kappa shape index (κ1) is 13.7. The molecule has 3 atom stereocenters. The quantitative estimate of drug-likeness (QED) is 0.806. The number of rotatable bonds is 4. The second-order valence-electron chi connectivity index (χ2n) is 5.89. The second-order valence-corrected chi connectivity index (χ2v) is 5.89. The molecule has 3 rings (SSSR count). The molecule has 0 amide bonds. The highest BCUT2D eigenvalue weighted by atomic mass is 19.4. The third-order valence-electron chi connectivity index (χ3n) is 4.58. The number of carbonyl (C=O) groups excluding carboxylic acids is 1. The molecule has 1 aromatic rings. The Hall–Kier alpha value is -1.32. The third kappa shape index (κ3) is 2.60. The fraction of sp³-hybridized carbons (Fsp3) is 0.562. The van der Waals surface area contributed by atoms with E-state index >= 15 is 0 Å². The van der Waals surface area contributed by atoms with Gasteiger partial charge in [0.2, 0.25) is 0 Å². The first-order valence-electron chi connectivity index (χ1n) is 7.14. The maximum atomic E-state index is 12.1. The highest BCUT2D eigenvalue weighted by Gasteiger charge is 2.56. The summed E-state index contributed by atoms with van der Waals surface area (Å²) < 4.78 is 36.3. The molecule has 2 aliphatic carbocycles. The molecule has 1 aromatic carbocycles. The highest BCUT2D eigenvalue weighted by molar-refractivity contribution is 5.86. The van der Waals surface area contributed by atoms with E-state index in [1.807, 2.05) is 12.1 Å². The molecule has 0 bridgehead atoms. The average molecular weight is 282 g/mol. The monoisotopic (exact) mass is 282 g/mol. The number of fused-ring (bicyclic) bond motifs is 3. The van der Waals surface area contributed by atoms with Gasteiger partial charge >= 0.3 is 6.18 Å². The Morgan fingerprint density at radius 3 is 2.75 bits per heavy atom. The van der Waals surface area contributed by atoms with E-state index in [0.29, 0.717) is 5.92 Å². The number of hydrogen-bond acceptors (Lipinski definition) is 1. The van der Waals surface area contributed by atoms with Gasteiger partial charge < -0.3 is 0 Å². The Bertz CT molecular complexity index is 521. The number of halogens is 3. The minimum absolute atomic E-state index is 0.0214. The van der Waals surface area contributed by atoms with Crippen molar-refractivity contribution in [2.24, 2.45) is 11.8 Å². The van der Waals surface area contributed by atoms with Gasteiger partial charge in [-0.05, 0) is 42.2 Å². The van der Waals surface area contributed by atoms with E-state index in [9.17, 15) is 18.0 Å². The number of carbonyl (C=O) groups is 1. The predicted molar refractivity (Wildman–Crippen MR) is 69.4 cm³/mol. The van der Waals surface area contributed by atoms with Gasteiger partial charge in [0.25, 0.3) is 0 Å². The Morgan fingerprint density at radius 2 is 2.00 bits per heavy atom. The lowest BCUT2D eigenvalue weighted by molar-refractivity contribution is -0.137. The molecule has 108 valence electrons. The Balaban J connectivity index is 1.60. The molecule has 0 N–H and O–H groups in total. The van der Waals surface area contributed by atoms with Crippen LogP contribution >= 0.6 is 0 Å². The molecular weight excluding hydrogens is 265 g/mol. The smallest absolute Gasteiger partial charge is 0.299 e. The van der Waals surface area contributed by atoms with Gasteiger partial charge in [-0.1, -0.05) is 24.3 Å². The van der Waals surface area contributed by atoms with Crippen molar-refractivity contribution in [2.75, 3.05) is 0 Å². The maximum absolute atomic E-state index is 12.1. The average Bonchev–Trinajstić information content (AvgIpc) is 3.12. The SMILES string of the molecule is O=C(CCCC(F)(F)F)C1C2CCc3ccccc3C21. The van der Waals surface area contributed by atoms with E-state index in [0.717, 1.165) is 12.8 Å². The number of hydrogen-bond donors (Lipinski definition) is 0. The zero-order valence-corrected chi connectivity index (χ0v) is 11.1. The second kappa shape index (κ2) is 4.90. The lowest BCUT2D eigenvalue weighted by Gasteiger charge is -2.13. The Labute approximate surface area is 116 Å². The predicted octanol–water partition coefficient (Wildman–Crippen LogP) is 4.26. The van der Waals surface area contributed by atoms with Crippen LogP contribution in [0.3, 0.4) is 0 Å². The minimum atomic E-state index is -4.15. The van der Waals surface area contributed by atoms with Crippen LogP contribution in [0.2, 0.25) is 0 Å². The molecule has 20 heavy (non-hydrogen) atoms. The van der Waals surface area contributed by atoms with Crippen molar-refractivity contribution in [1.82, 2.24) is 0 Å². The van der Waals surface area contributed by atoms with Crippen LogP contribution in [0.25, 0.3) is 0 Å². The summed E-state index contributed by atoms with van der Waals surface area (Å²) in [6, 6.07) is 8.14. The van der Waals surface area contributed by atoms with Crippen molar-refractivity contribution < 1.29 is 18.0 Å². The first-order chi connectivity index (χ1) is 9.47. The van der Waals surface area contributed by atoms with Gasteiger partial charge in [0.05, 0.1) is 0 Å². The topological polar surface area (TPSA) is 17.1 Å². The van der Waals surface area contributed by atoms with E-state index in [1.54, 1.807) is 0 Å². The lowest BCUT2D eigenvalue weighted by Crippen LogP contribution is -2.09. The summed E-state index contributed by atoms with van der Waals surface area (Å²) in [6.45, 7) is 0. The molecule has 0 spiro atoms. The fourth-order valence-electron chi connectivity index (χ4n) is 3.64. The van der Waals surface area contributed by atoms with Gasteiger partial charge in [0.1, 0.15) is 5.78 Å². The van der Waals surface area contributed by atoms with Crippen LogP contribution in [0.15, 0.2) is 24.3 Å². The fourth-order valence-corrected chi connectivity index (χ4v) is 3.64. The van der Waals surface area contributed by atoms with Crippen molar-refractivity contribution in [3.8, 4) is 0 Å². The van der Waals surface area contributed by atoms with Gasteiger partial charge in [-0.2, -0.15) is 13.2 Å². The maximum Gasteiger partial charge on any atom is 0.389 e. The van der Waals surface area contributed by atoms with Gasteiger partial charge in [-0.15, -0.1) is 0 Å². The summed E-state index contributed by atoms with van der Waals surface area (Å²) in [6.07, 6.45) is -3.01. The first-order valence-corrected chi connectivity index (χ1v) is 7.14. The van der Waals surface area contributed by atoms with Gasteiger partial charge in [0.15, 0.2) is 0 Å². The van der Waals surface area contributed by atoms with E-state index in [-0.39, 0.29) is 30.5 Å². The van der Waals surface area contributed by atoms with Crippen LogP contribution in [0, 0.1) is 11.8 Å². The van der Waals surface area contributed by atoms with Gasteiger partial charge in [-0.25, -0.2) is 0 Å². The number of benzene rings is 1. The van der Waals surface area contributed by atoms with Crippen LogP contribution in [0.4, 0.5) is 13.2 Å². The summed E-state index contributed by atoms with van der Waals surface area (Å²) in [5.74, 6) is 0.662. The number of alkyl halides is 3. The van der Waals surface area contributed by atoms with E-state index in [1.165, 1.54) is 11.1 Å². The van der Waals surface area contributed by atoms with Crippen LogP contribution in [-0.2, 0) is 11.2 Å². The van der Waals surface area contributed by atoms with Crippen LogP contribution in [-0.4, -0.2) is 12.0 Å². The zero-order valence-electron chi connectivity index (χ0n) is 11.1. The number of aryl methyl sites for hydroxylation is 1. The van der Waals surface area contributed by atoms with E-state index in [2.05, 4.69) is 12.1 Å². The van der Waals surface area contributed by atoms with Crippen molar-refractivity contribution in [3.05, 3.63) is 35.4 Å². The largest absolute Gasteiger partial charge is 0.389 e. The van der Waals surface area contributed by atoms with Crippen LogP contribution < -0.4 is 0 Å². The van der Waals surface area contributed by atoms with Gasteiger partial charge in [0, 0.05) is 18.8 Å². The van der Waals surface area contributed by atoms with Crippen molar-refractivity contribution in [1.29, 1.82) is 0 Å². The molecule has 0 radical (unpaired) electrons. The lowest BCUT2D eigenvalue weighted by atomic mass is 9.92. The molecule has 0 aromatic heterocycles. The molecule has 4 heteroatoms. The third-order valence-corrected chi connectivity index (χ3v) is 4.58. The standard InChI is InChI=1S/C16H17F3O/c17-16(18,19)9-3-6-13(20)15-12-8-7-10-4-1-2-5-11(10)14(12)15/h1-2,4-5,12,14-15H,3,6-9H2. The van der Waals surface area contributed by atoms with E-state index in [4.69, 9.17) is 0 Å². The minimum Gasteiger partial charge on any atom is -0.299 e. The van der Waals surface area contributed by atoms with E-state index < -0.39 is 12.6 Å². The molecule has 1 saturated carbocycles. The normalized spacial score (nSPS) is 27.6. The van der Waals surface area contributed by atoms with Crippen molar-refractivity contribution >= 4 is 5.78 Å². The summed E-state index contributed by atoms with van der Waals surface area (Å²) in [5.41, 5.74) is 2.55. The Kier molecular flexibility index (Phi) is 3.35. The highest BCUT2D eigenvalue weighted by Crippen LogP contribution is 2.60. The number of Topliss-reactive ketones (excluding diaryl/α,β-unsaturated/α-hetero) is 1. The molecule has 0 heterocycles. The molecular formula is C16H17F3O. The van der Waals surface area contributed by atoms with Crippen molar-refractivity contribution in [2.45, 2.75) is 44.2 Å². The zero-order chi connectivity index (χ0) is 14.3. The van der Waals surface area contributed by atoms with Crippen molar-refractivity contribution in [3.63, 3.8) is 0 Å². The number of ketones is 1. The molecule has 2 aliphatic rings. The van der Waals surface area contributed by atoms with Gasteiger partial charge in [-0.3, -0.25) is 4.79 Å². The molecule has 1 fully saturated rings. The van der Waals surface area contributed by atoms with Crippen LogP contribution in [0.1, 0.15) is 42.7 Å². The molecule has 3 unspecified atom stereocenters.